The molecule has 1 heterocycles. The van der Waals surface area contributed by atoms with E-state index in [0.717, 1.165) is 11.3 Å². The van der Waals surface area contributed by atoms with E-state index in [2.05, 4.69) is 4.98 Å². The van der Waals surface area contributed by atoms with E-state index in [-0.39, 0.29) is 45.7 Å². The van der Waals surface area contributed by atoms with Crippen molar-refractivity contribution >= 4 is 51.0 Å². The third kappa shape index (κ3) is 4.58. The average Bonchev–Trinajstić information content (AvgIpc) is 3.17. The van der Waals surface area contributed by atoms with Gasteiger partial charge in [-0.15, -0.1) is 45.3 Å². The highest BCUT2D eigenvalue weighted by Crippen LogP contribution is 2.41. The molecule has 0 amide bonds. The van der Waals surface area contributed by atoms with Crippen molar-refractivity contribution in [2.45, 2.75) is 31.2 Å². The fourth-order valence-corrected chi connectivity index (χ4v) is 3.16. The fraction of sp³-hybridized carbons (Fsp3) is 0.357. The van der Waals surface area contributed by atoms with Gasteiger partial charge in [0.1, 0.15) is 0 Å². The van der Waals surface area contributed by atoms with Crippen molar-refractivity contribution in [1.82, 2.24) is 4.98 Å². The number of halogens is 2. The summed E-state index contributed by atoms with van der Waals surface area (Å²) < 4.78 is 0. The highest BCUT2D eigenvalue weighted by atomic mass is 79.9. The maximum atomic E-state index is 10.6. The predicted octanol–water partition coefficient (Wildman–Crippen LogP) is 4.33. The fourth-order valence-electron chi connectivity index (χ4n) is 2.10. The van der Waals surface area contributed by atoms with Gasteiger partial charge in [-0.25, -0.2) is 4.98 Å². The van der Waals surface area contributed by atoms with E-state index in [4.69, 9.17) is 5.73 Å². The second-order valence-electron chi connectivity index (χ2n) is 5.12. The smallest absolute Gasteiger partial charge is 0.269 e. The number of aromatic nitrogens is 1. The lowest BCUT2D eigenvalue weighted by molar-refractivity contribution is -0.384. The molecule has 0 radical (unpaired) electrons. The quantitative estimate of drug-likeness (QED) is 0.542. The Morgan fingerprint density at radius 1 is 1.32 bits per heavy atom. The normalized spacial score (nSPS) is 14.6. The Morgan fingerprint density at radius 3 is 2.50 bits per heavy atom. The number of nitro benzene ring substituents is 1. The van der Waals surface area contributed by atoms with Crippen LogP contribution in [0.2, 0.25) is 0 Å². The molecule has 0 spiro atoms. The molecule has 1 aromatic heterocycles. The van der Waals surface area contributed by atoms with Crippen molar-refractivity contribution in [3.8, 4) is 0 Å². The van der Waals surface area contributed by atoms with Crippen molar-refractivity contribution in [1.29, 1.82) is 0 Å². The minimum Gasteiger partial charge on any atom is -0.322 e. The molecule has 2 aromatic rings. The summed E-state index contributed by atoms with van der Waals surface area (Å²) in [7, 11) is 0. The average molecular weight is 451 g/mol. The van der Waals surface area contributed by atoms with E-state index in [0.29, 0.717) is 12.3 Å². The van der Waals surface area contributed by atoms with Gasteiger partial charge < -0.3 is 5.73 Å². The number of non-ortho nitro benzene ring substituents is 1. The van der Waals surface area contributed by atoms with Gasteiger partial charge in [0.25, 0.3) is 5.69 Å². The molecule has 8 heteroatoms. The van der Waals surface area contributed by atoms with Crippen molar-refractivity contribution in [2.24, 2.45) is 5.73 Å². The van der Waals surface area contributed by atoms with Gasteiger partial charge in [0.2, 0.25) is 0 Å². The zero-order valence-electron chi connectivity index (χ0n) is 11.7. The molecule has 120 valence electrons. The van der Waals surface area contributed by atoms with Crippen molar-refractivity contribution in [3.63, 3.8) is 0 Å². The van der Waals surface area contributed by atoms with Crippen molar-refractivity contribution in [2.75, 3.05) is 0 Å². The zero-order chi connectivity index (χ0) is 14.1. The second kappa shape index (κ2) is 8.14. The molecule has 1 fully saturated rings. The lowest BCUT2D eigenvalue weighted by Crippen LogP contribution is -2.13. The van der Waals surface area contributed by atoms with Crippen LogP contribution in [0.25, 0.3) is 0 Å². The lowest BCUT2D eigenvalue weighted by Gasteiger charge is -2.08. The maximum Gasteiger partial charge on any atom is 0.269 e. The summed E-state index contributed by atoms with van der Waals surface area (Å²) in [6.07, 6.45) is 3.13. The third-order valence-electron chi connectivity index (χ3n) is 3.45. The SMILES string of the molecule is Br.Br.N[C@@H](Cc1ccc([N+](=O)[O-])cc1)c1csc(C2CC2)n1. The molecule has 1 atom stereocenters. The Morgan fingerprint density at radius 2 is 1.95 bits per heavy atom. The highest BCUT2D eigenvalue weighted by Gasteiger charge is 2.27. The van der Waals surface area contributed by atoms with E-state index < -0.39 is 4.92 Å². The number of nitrogens with two attached hydrogens (primary N) is 1. The number of rotatable bonds is 5. The molecule has 1 aliphatic rings. The Balaban J connectivity index is 0.00000121. The van der Waals surface area contributed by atoms with Gasteiger partial charge in [-0.2, -0.15) is 0 Å². The molecule has 0 aliphatic heterocycles. The monoisotopic (exact) mass is 449 g/mol. The zero-order valence-corrected chi connectivity index (χ0v) is 15.9. The Hall–Kier alpha value is -0.830. The molecule has 1 aliphatic carbocycles. The largest absolute Gasteiger partial charge is 0.322 e. The van der Waals surface area contributed by atoms with Crippen molar-refractivity contribution in [3.05, 3.63) is 56.0 Å². The van der Waals surface area contributed by atoms with E-state index in [1.54, 1.807) is 23.5 Å². The number of hydrogen-bond acceptors (Lipinski definition) is 5. The maximum absolute atomic E-state index is 10.6. The van der Waals surface area contributed by atoms with Gasteiger partial charge >= 0.3 is 0 Å². The van der Waals surface area contributed by atoms with E-state index in [9.17, 15) is 10.1 Å². The molecule has 1 aromatic carbocycles. The minimum atomic E-state index is -0.397. The highest BCUT2D eigenvalue weighted by molar-refractivity contribution is 8.93. The van der Waals surface area contributed by atoms with E-state index in [1.807, 2.05) is 5.38 Å². The molecule has 0 unspecified atom stereocenters. The van der Waals surface area contributed by atoms with Gasteiger partial charge in [-0.3, -0.25) is 10.1 Å². The van der Waals surface area contributed by atoms with E-state index in [1.165, 1.54) is 30.0 Å². The van der Waals surface area contributed by atoms with Gasteiger partial charge in [0, 0.05) is 23.4 Å². The minimum absolute atomic E-state index is 0. The number of benzene rings is 1. The second-order valence-corrected chi connectivity index (χ2v) is 6.01. The molecule has 5 nitrogen and oxygen atoms in total. The number of thiazole rings is 1. The first-order valence-electron chi connectivity index (χ1n) is 6.57. The Bertz CT molecular complexity index is 629. The molecular formula is C14H17Br2N3O2S. The summed E-state index contributed by atoms with van der Waals surface area (Å²) in [5.41, 5.74) is 8.19. The van der Waals surface area contributed by atoms with Crippen LogP contribution < -0.4 is 5.73 Å². The van der Waals surface area contributed by atoms with Crippen LogP contribution in [0.4, 0.5) is 5.69 Å². The predicted molar refractivity (Wildman–Crippen MR) is 98.5 cm³/mol. The molecular weight excluding hydrogens is 434 g/mol. The lowest BCUT2D eigenvalue weighted by atomic mass is 10.0. The summed E-state index contributed by atoms with van der Waals surface area (Å²) >= 11 is 1.68. The topological polar surface area (TPSA) is 82.0 Å². The van der Waals surface area contributed by atoms with Gasteiger partial charge in [0.05, 0.1) is 21.7 Å². The molecule has 2 N–H and O–H groups in total. The number of hydrogen-bond donors (Lipinski definition) is 1. The third-order valence-corrected chi connectivity index (χ3v) is 4.47. The summed E-state index contributed by atoms with van der Waals surface area (Å²) in [5, 5.41) is 13.8. The van der Waals surface area contributed by atoms with Crippen LogP contribution in [-0.4, -0.2) is 9.91 Å². The van der Waals surface area contributed by atoms with Gasteiger partial charge in [0.15, 0.2) is 0 Å². The number of nitro groups is 1. The summed E-state index contributed by atoms with van der Waals surface area (Å²) in [4.78, 5) is 14.8. The molecule has 0 saturated heterocycles. The molecule has 22 heavy (non-hydrogen) atoms. The van der Waals surface area contributed by atoms with Crippen LogP contribution in [0.5, 0.6) is 0 Å². The molecule has 1 saturated carbocycles. The van der Waals surface area contributed by atoms with Crippen LogP contribution in [0, 0.1) is 10.1 Å². The van der Waals surface area contributed by atoms with Crippen LogP contribution in [0.1, 0.15) is 41.1 Å². The first-order valence-corrected chi connectivity index (χ1v) is 7.45. The number of nitrogens with zero attached hydrogens (tertiary/aromatic N) is 2. The van der Waals surface area contributed by atoms with Gasteiger partial charge in [-0.1, -0.05) is 12.1 Å². The van der Waals surface area contributed by atoms with Crippen LogP contribution in [0.15, 0.2) is 29.6 Å². The van der Waals surface area contributed by atoms with E-state index >= 15 is 0 Å². The van der Waals surface area contributed by atoms with Crippen molar-refractivity contribution < 1.29 is 4.92 Å². The Labute approximate surface area is 153 Å². The van der Waals surface area contributed by atoms with Crippen LogP contribution >= 0.6 is 45.3 Å². The van der Waals surface area contributed by atoms with Gasteiger partial charge in [-0.05, 0) is 24.8 Å². The first-order chi connectivity index (χ1) is 9.63. The standard InChI is InChI=1S/C14H15N3O2S.2BrH/c15-12(13-8-20-14(16-13)10-3-4-10)7-9-1-5-11(6-2-9)17(18)19;;/h1-2,5-6,8,10,12H,3-4,7,15H2;2*1H/t12-;;/m0../s1. The summed E-state index contributed by atoms with van der Waals surface area (Å²) in [6, 6.07) is 6.38. The summed E-state index contributed by atoms with van der Waals surface area (Å²) in [6.45, 7) is 0. The first kappa shape index (κ1) is 19.2. The van der Waals surface area contributed by atoms with Crippen LogP contribution in [0.3, 0.4) is 0 Å². The summed E-state index contributed by atoms with van der Waals surface area (Å²) in [5.74, 6) is 0.653. The molecule has 0 bridgehead atoms. The van der Waals surface area contributed by atoms with Crippen LogP contribution in [-0.2, 0) is 6.42 Å². The molecule has 3 rings (SSSR count). The Kier molecular flexibility index (Phi) is 7.11.